The van der Waals surface area contributed by atoms with Gasteiger partial charge in [-0.3, -0.25) is 4.79 Å². The lowest BCUT2D eigenvalue weighted by Gasteiger charge is -2.15. The fourth-order valence-corrected chi connectivity index (χ4v) is 4.07. The van der Waals surface area contributed by atoms with E-state index in [0.717, 1.165) is 11.1 Å². The zero-order valence-corrected chi connectivity index (χ0v) is 21.6. The molecule has 0 saturated carbocycles. The molecule has 0 unspecified atom stereocenters. The molecule has 1 N–H and O–H groups in total. The lowest BCUT2D eigenvalue weighted by molar-refractivity contribution is -0.112. The third kappa shape index (κ3) is 6.54. The highest BCUT2D eigenvalue weighted by Gasteiger charge is 2.16. The Balaban J connectivity index is 1.86. The van der Waals surface area contributed by atoms with Gasteiger partial charge in [0.05, 0.1) is 21.8 Å². The molecule has 5 nitrogen and oxygen atoms in total. The number of rotatable bonds is 8. The molecule has 0 aliphatic carbocycles. The second kappa shape index (κ2) is 11.9. The minimum atomic E-state index is -0.559. The molecule has 0 fully saturated rings. The number of para-hydroxylation sites is 1. The van der Waals surface area contributed by atoms with Crippen molar-refractivity contribution >= 4 is 56.8 Å². The Morgan fingerprint density at radius 2 is 1.88 bits per heavy atom. The first-order valence-electron chi connectivity index (χ1n) is 10.3. The van der Waals surface area contributed by atoms with E-state index in [1.54, 1.807) is 36.4 Å². The molecule has 3 rings (SSSR count). The van der Waals surface area contributed by atoms with Crippen LogP contribution >= 0.6 is 39.1 Å². The van der Waals surface area contributed by atoms with Crippen molar-refractivity contribution in [2.45, 2.75) is 20.5 Å². The maximum Gasteiger partial charge on any atom is 0.266 e. The summed E-state index contributed by atoms with van der Waals surface area (Å²) in [6, 6.07) is 18.1. The first kappa shape index (κ1) is 25.6. The number of hydrogen-bond acceptors (Lipinski definition) is 4. The smallest absolute Gasteiger partial charge is 0.266 e. The summed E-state index contributed by atoms with van der Waals surface area (Å²) in [5, 5.41) is 13.4. The predicted molar refractivity (Wildman–Crippen MR) is 140 cm³/mol. The minimum absolute atomic E-state index is 0.0801. The summed E-state index contributed by atoms with van der Waals surface area (Å²) in [7, 11) is 0. The Hall–Kier alpha value is -2.98. The van der Waals surface area contributed by atoms with Crippen LogP contribution in [0.15, 0.2) is 64.6 Å². The van der Waals surface area contributed by atoms with E-state index in [4.69, 9.17) is 32.7 Å². The first-order chi connectivity index (χ1) is 16.3. The molecular formula is C26H21BrCl2N2O3. The number of halogens is 3. The Labute approximate surface area is 217 Å². The van der Waals surface area contributed by atoms with Crippen molar-refractivity contribution < 1.29 is 14.3 Å². The lowest BCUT2D eigenvalue weighted by Crippen LogP contribution is -2.14. The first-order valence-corrected chi connectivity index (χ1v) is 11.9. The molecule has 0 bridgehead atoms. The predicted octanol–water partition coefficient (Wildman–Crippen LogP) is 7.59. The molecule has 0 atom stereocenters. The molecule has 0 aliphatic heterocycles. The number of carbonyl (C=O) groups is 1. The number of aryl methyl sites for hydroxylation is 1. The van der Waals surface area contributed by atoms with Crippen LogP contribution in [0.2, 0.25) is 10.0 Å². The van der Waals surface area contributed by atoms with Crippen molar-refractivity contribution in [3.63, 3.8) is 0 Å². The summed E-state index contributed by atoms with van der Waals surface area (Å²) >= 11 is 15.7. The van der Waals surface area contributed by atoms with E-state index in [-0.39, 0.29) is 5.57 Å². The largest absolute Gasteiger partial charge is 0.490 e. The number of anilines is 1. The molecule has 3 aromatic rings. The van der Waals surface area contributed by atoms with Gasteiger partial charge in [-0.05, 0) is 82.9 Å². The van der Waals surface area contributed by atoms with Crippen LogP contribution in [-0.2, 0) is 11.4 Å². The van der Waals surface area contributed by atoms with Crippen LogP contribution in [0, 0.1) is 18.3 Å². The molecule has 0 aromatic heterocycles. The molecule has 0 saturated heterocycles. The van der Waals surface area contributed by atoms with Gasteiger partial charge in [-0.15, -0.1) is 0 Å². The van der Waals surface area contributed by atoms with Gasteiger partial charge in [-0.2, -0.15) is 5.26 Å². The number of hydrogen-bond donors (Lipinski definition) is 1. The molecular weight excluding hydrogens is 539 g/mol. The third-order valence-electron chi connectivity index (χ3n) is 4.76. The number of nitriles is 1. The topological polar surface area (TPSA) is 71.3 Å². The van der Waals surface area contributed by atoms with E-state index in [1.165, 1.54) is 6.08 Å². The molecule has 1 amide bonds. The maximum absolute atomic E-state index is 12.8. The van der Waals surface area contributed by atoms with E-state index in [9.17, 15) is 10.1 Å². The van der Waals surface area contributed by atoms with Crippen LogP contribution in [0.1, 0.15) is 23.6 Å². The molecule has 0 spiro atoms. The van der Waals surface area contributed by atoms with Crippen LogP contribution < -0.4 is 14.8 Å². The van der Waals surface area contributed by atoms with Crippen LogP contribution in [0.4, 0.5) is 5.69 Å². The molecule has 0 radical (unpaired) electrons. The van der Waals surface area contributed by atoms with Crippen molar-refractivity contribution in [1.82, 2.24) is 0 Å². The number of amides is 1. The van der Waals surface area contributed by atoms with Crippen molar-refractivity contribution in [3.05, 3.63) is 91.4 Å². The average molecular weight is 560 g/mol. The van der Waals surface area contributed by atoms with E-state index >= 15 is 0 Å². The second-order valence-electron chi connectivity index (χ2n) is 7.23. The van der Waals surface area contributed by atoms with Gasteiger partial charge in [0.25, 0.3) is 5.91 Å². The summed E-state index contributed by atoms with van der Waals surface area (Å²) in [6.07, 6.45) is 1.48. The number of ether oxygens (including phenoxy) is 2. The Morgan fingerprint density at radius 1 is 1.15 bits per heavy atom. The minimum Gasteiger partial charge on any atom is -0.490 e. The van der Waals surface area contributed by atoms with Gasteiger partial charge in [0.1, 0.15) is 18.2 Å². The highest BCUT2D eigenvalue weighted by Crippen LogP contribution is 2.38. The van der Waals surface area contributed by atoms with Gasteiger partial charge in [0.15, 0.2) is 11.5 Å². The van der Waals surface area contributed by atoms with Crippen molar-refractivity contribution in [1.29, 1.82) is 5.26 Å². The molecule has 0 aliphatic rings. The Kier molecular flexibility index (Phi) is 9.00. The zero-order valence-electron chi connectivity index (χ0n) is 18.5. The SMILES string of the molecule is CCOc1cc(/C=C(\C#N)C(=O)Nc2c(C)cccc2Cl)cc(Br)c1OCc1ccc(Cl)cc1. The van der Waals surface area contributed by atoms with E-state index in [0.29, 0.717) is 50.5 Å². The van der Waals surface area contributed by atoms with E-state index in [1.807, 2.05) is 38.1 Å². The average Bonchev–Trinajstić information content (AvgIpc) is 2.80. The fraction of sp³-hybridized carbons (Fsp3) is 0.154. The van der Waals surface area contributed by atoms with Gasteiger partial charge in [-0.1, -0.05) is 47.5 Å². The van der Waals surface area contributed by atoms with Gasteiger partial charge in [-0.25, -0.2) is 0 Å². The summed E-state index contributed by atoms with van der Waals surface area (Å²) in [5.74, 6) is 0.441. The summed E-state index contributed by atoms with van der Waals surface area (Å²) < 4.78 is 12.4. The Bertz CT molecular complexity index is 1250. The zero-order chi connectivity index (χ0) is 24.7. The molecule has 34 heavy (non-hydrogen) atoms. The highest BCUT2D eigenvalue weighted by molar-refractivity contribution is 9.10. The van der Waals surface area contributed by atoms with Gasteiger partial charge >= 0.3 is 0 Å². The summed E-state index contributed by atoms with van der Waals surface area (Å²) in [5.41, 5.74) is 2.72. The second-order valence-corrected chi connectivity index (χ2v) is 8.93. The van der Waals surface area contributed by atoms with Gasteiger partial charge < -0.3 is 14.8 Å². The van der Waals surface area contributed by atoms with Gasteiger partial charge in [0, 0.05) is 5.02 Å². The quantitative estimate of drug-likeness (QED) is 0.228. The van der Waals surface area contributed by atoms with Crippen LogP contribution in [0.3, 0.4) is 0 Å². The normalized spacial score (nSPS) is 11.0. The molecule has 0 heterocycles. The maximum atomic E-state index is 12.8. The van der Waals surface area contributed by atoms with Crippen molar-refractivity contribution in [2.24, 2.45) is 0 Å². The van der Waals surface area contributed by atoms with Crippen molar-refractivity contribution in [3.8, 4) is 17.6 Å². The monoisotopic (exact) mass is 558 g/mol. The van der Waals surface area contributed by atoms with Crippen LogP contribution in [0.5, 0.6) is 11.5 Å². The number of nitrogens with one attached hydrogen (secondary N) is 1. The van der Waals surface area contributed by atoms with E-state index < -0.39 is 5.91 Å². The molecule has 8 heteroatoms. The molecule has 174 valence electrons. The van der Waals surface area contributed by atoms with Crippen LogP contribution in [-0.4, -0.2) is 12.5 Å². The van der Waals surface area contributed by atoms with E-state index in [2.05, 4.69) is 21.2 Å². The number of nitrogens with zero attached hydrogens (tertiary/aromatic N) is 1. The third-order valence-corrected chi connectivity index (χ3v) is 5.92. The Morgan fingerprint density at radius 3 is 2.53 bits per heavy atom. The standard InChI is InChI=1S/C26H21BrCl2N2O3/c1-3-33-23-13-18(12-21(27)25(23)34-15-17-7-9-20(28)10-8-17)11-19(14-30)26(32)31-24-16(2)5-4-6-22(24)29/h4-13H,3,15H2,1-2H3,(H,31,32)/b19-11+. The fourth-order valence-electron chi connectivity index (χ4n) is 3.10. The van der Waals surface area contributed by atoms with Crippen LogP contribution in [0.25, 0.3) is 6.08 Å². The number of carbonyl (C=O) groups excluding carboxylic acids is 1. The molecule has 3 aromatic carbocycles. The summed E-state index contributed by atoms with van der Waals surface area (Å²) in [6.45, 7) is 4.41. The highest BCUT2D eigenvalue weighted by atomic mass is 79.9. The van der Waals surface area contributed by atoms with Crippen molar-refractivity contribution in [2.75, 3.05) is 11.9 Å². The van der Waals surface area contributed by atoms with Gasteiger partial charge in [0.2, 0.25) is 0 Å². The lowest BCUT2D eigenvalue weighted by atomic mass is 10.1. The summed E-state index contributed by atoms with van der Waals surface area (Å²) in [4.78, 5) is 12.8. The number of benzene rings is 3.